The van der Waals surface area contributed by atoms with Gasteiger partial charge in [-0.05, 0) is 62.4 Å². The first-order valence-electron chi connectivity index (χ1n) is 15.5. The molecule has 14 heteroatoms. The molecule has 0 radical (unpaired) electrons. The molecule has 6 rings (SSSR count). The van der Waals surface area contributed by atoms with Crippen LogP contribution in [0.4, 0.5) is 5.82 Å². The molecule has 8 atom stereocenters. The summed E-state index contributed by atoms with van der Waals surface area (Å²) in [4.78, 5) is 33.7. The van der Waals surface area contributed by atoms with Crippen molar-refractivity contribution in [1.82, 2.24) is 4.98 Å². The number of benzene rings is 1. The number of hydrogen-bond acceptors (Lipinski definition) is 14. The summed E-state index contributed by atoms with van der Waals surface area (Å²) >= 11 is 0. The number of aliphatic hydroxyl groups excluding tert-OH is 5. The molecule has 1 fully saturated rings. The zero-order chi connectivity index (χ0) is 33.5. The Morgan fingerprint density at radius 1 is 1.15 bits per heavy atom. The highest BCUT2D eigenvalue weighted by molar-refractivity contribution is 8.77. The standard InChI is InChI=1S/C33H38N2O10S2/c1-17-12-20-27(39)19-4-2-5-21-26(19)29(41)33(20,23(38)13-17)24(6-3-11-36)47-46-16-35-25-14-18(8-10-34-25)7-9-32(43)28(40)22(15-37)45-31(44-21)30(32)42/h2,4-5,8,10,12-14,20,22,24,28,30-31,36-38,40,42-43H,3,6-7,9,11,15-16H2,1H3,(H,34,35). The van der Waals surface area contributed by atoms with Gasteiger partial charge >= 0.3 is 0 Å². The van der Waals surface area contributed by atoms with Crippen LogP contribution in [0.3, 0.4) is 0 Å². The molecule has 6 bridgehead atoms. The van der Waals surface area contributed by atoms with Gasteiger partial charge in [-0.15, -0.1) is 0 Å². The molecular weight excluding hydrogens is 649 g/mol. The molecule has 1 saturated heterocycles. The number of aryl methyl sites for hydroxylation is 1. The van der Waals surface area contributed by atoms with E-state index < -0.39 is 65.0 Å². The Morgan fingerprint density at radius 3 is 2.72 bits per heavy atom. The average Bonchev–Trinajstić information content (AvgIpc) is 3.06. The number of Topliss-reactive ketones (excluding diaryl/α,β-unsaturated/α-hetero) is 2. The molecule has 1 aromatic carbocycles. The van der Waals surface area contributed by atoms with Crippen molar-refractivity contribution in [3.8, 4) is 5.75 Å². The number of pyridine rings is 1. The van der Waals surface area contributed by atoms with Gasteiger partial charge < -0.3 is 45.4 Å². The number of carbonyl (C=O) groups excluding carboxylic acids is 2. The van der Waals surface area contributed by atoms with Crippen molar-refractivity contribution in [2.45, 2.75) is 68.1 Å². The molecule has 12 nitrogen and oxygen atoms in total. The fourth-order valence-corrected chi connectivity index (χ4v) is 9.91. The van der Waals surface area contributed by atoms with Gasteiger partial charge in [0.15, 0.2) is 11.6 Å². The van der Waals surface area contributed by atoms with Crippen LogP contribution in [0, 0.1) is 11.3 Å². The molecule has 2 aliphatic heterocycles. The number of allylic oxidation sites excluding steroid dienone is 4. The van der Waals surface area contributed by atoms with Crippen molar-refractivity contribution in [2.24, 2.45) is 11.3 Å². The lowest BCUT2D eigenvalue weighted by Crippen LogP contribution is -2.68. The summed E-state index contributed by atoms with van der Waals surface area (Å²) in [6.07, 6.45) is -1.13. The Kier molecular flexibility index (Phi) is 9.76. The van der Waals surface area contributed by atoms with E-state index in [0.717, 1.165) is 5.56 Å². The van der Waals surface area contributed by atoms with E-state index in [2.05, 4.69) is 10.3 Å². The van der Waals surface area contributed by atoms with Crippen LogP contribution in [-0.4, -0.2) is 102 Å². The molecule has 8 unspecified atom stereocenters. The summed E-state index contributed by atoms with van der Waals surface area (Å²) in [5.41, 5.74) is -2.64. The van der Waals surface area contributed by atoms with Crippen LogP contribution in [0.1, 0.15) is 52.5 Å². The van der Waals surface area contributed by atoms with Gasteiger partial charge in [0, 0.05) is 23.6 Å². The zero-order valence-corrected chi connectivity index (χ0v) is 27.2. The van der Waals surface area contributed by atoms with E-state index in [-0.39, 0.29) is 48.5 Å². The van der Waals surface area contributed by atoms with Crippen LogP contribution >= 0.6 is 21.6 Å². The van der Waals surface area contributed by atoms with Gasteiger partial charge in [-0.2, -0.15) is 0 Å². The van der Waals surface area contributed by atoms with Crippen molar-refractivity contribution >= 4 is 39.0 Å². The molecule has 1 aromatic heterocycles. The number of aliphatic hydroxyl groups is 6. The van der Waals surface area contributed by atoms with Crippen LogP contribution in [0.25, 0.3) is 0 Å². The highest BCUT2D eigenvalue weighted by Crippen LogP contribution is 2.57. The Bertz CT molecular complexity index is 1600. The van der Waals surface area contributed by atoms with Gasteiger partial charge in [0.25, 0.3) is 0 Å². The number of aromatic nitrogens is 1. The van der Waals surface area contributed by atoms with E-state index in [1.54, 1.807) is 31.3 Å². The summed E-state index contributed by atoms with van der Waals surface area (Å²) in [7, 11) is 2.71. The number of ketones is 2. The Balaban J connectivity index is 1.52. The molecular formula is C33H38N2O10S2. The predicted molar refractivity (Wildman–Crippen MR) is 175 cm³/mol. The fourth-order valence-electron chi connectivity index (χ4n) is 7.06. The first-order valence-corrected chi connectivity index (χ1v) is 17.9. The Morgan fingerprint density at radius 2 is 1.96 bits per heavy atom. The summed E-state index contributed by atoms with van der Waals surface area (Å²) in [6, 6.07) is 7.98. The van der Waals surface area contributed by atoms with Crippen LogP contribution < -0.4 is 10.1 Å². The molecule has 2 aliphatic carbocycles. The lowest BCUT2D eigenvalue weighted by molar-refractivity contribution is -0.315. The first-order chi connectivity index (χ1) is 22.6. The topological polar surface area (TPSA) is 199 Å². The van der Waals surface area contributed by atoms with Gasteiger partial charge in [-0.25, -0.2) is 4.98 Å². The van der Waals surface area contributed by atoms with E-state index in [4.69, 9.17) is 9.47 Å². The van der Waals surface area contributed by atoms with Gasteiger partial charge in [-0.1, -0.05) is 45.4 Å². The first kappa shape index (κ1) is 33.9. The Hall–Kier alpha value is -2.95. The van der Waals surface area contributed by atoms with Gasteiger partial charge in [0.05, 0.1) is 24.0 Å². The average molecular weight is 687 g/mol. The third-order valence-electron chi connectivity index (χ3n) is 9.52. The minimum atomic E-state index is -2.20. The maximum atomic E-state index is 15.0. The van der Waals surface area contributed by atoms with Crippen LogP contribution in [-0.2, 0) is 11.2 Å². The minimum absolute atomic E-state index is 0.0605. The predicted octanol–water partition coefficient (Wildman–Crippen LogP) is 2.55. The van der Waals surface area contributed by atoms with E-state index in [1.807, 2.05) is 0 Å². The fraction of sp³-hybridized carbons (Fsp3) is 0.485. The quantitative estimate of drug-likeness (QED) is 0.232. The lowest BCUT2D eigenvalue weighted by Gasteiger charge is -2.49. The maximum absolute atomic E-state index is 15.0. The molecule has 0 saturated carbocycles. The highest BCUT2D eigenvalue weighted by Gasteiger charge is 2.62. The number of rotatable bonds is 4. The van der Waals surface area contributed by atoms with E-state index >= 15 is 0 Å². The molecule has 4 aliphatic rings. The van der Waals surface area contributed by atoms with Gasteiger partial charge in [-0.3, -0.25) is 9.59 Å². The van der Waals surface area contributed by atoms with Crippen molar-refractivity contribution < 1.29 is 49.7 Å². The summed E-state index contributed by atoms with van der Waals surface area (Å²) in [5.74, 6) is -1.59. The van der Waals surface area contributed by atoms with Crippen LogP contribution in [0.15, 0.2) is 60.0 Å². The van der Waals surface area contributed by atoms with Gasteiger partial charge in [0.2, 0.25) is 6.29 Å². The second-order valence-corrected chi connectivity index (χ2v) is 14.9. The molecule has 1 spiro atoms. The number of carbonyl (C=O) groups is 2. The number of anilines is 1. The van der Waals surface area contributed by atoms with Gasteiger partial charge in [0.1, 0.15) is 46.7 Å². The van der Waals surface area contributed by atoms with Crippen molar-refractivity contribution in [3.05, 3.63) is 76.7 Å². The van der Waals surface area contributed by atoms with Crippen molar-refractivity contribution in [3.63, 3.8) is 0 Å². The third kappa shape index (κ3) is 5.78. The van der Waals surface area contributed by atoms with E-state index in [9.17, 15) is 40.2 Å². The summed E-state index contributed by atoms with van der Waals surface area (Å²) in [5, 5.41) is 68.4. The highest BCUT2D eigenvalue weighted by atomic mass is 33.1. The SMILES string of the molecule is CC1=CC2C(=O)c3cccc4c3C(=O)C2(C(O)=C1)C(CCCO)SSCNc1cc(ccn1)CCC1(O)C(O)C(CO)OC(O4)C1O. The normalized spacial score (nSPS) is 34.1. The molecule has 7 N–H and O–H groups in total. The smallest absolute Gasteiger partial charge is 0.229 e. The van der Waals surface area contributed by atoms with E-state index in [0.29, 0.717) is 23.7 Å². The monoisotopic (exact) mass is 686 g/mol. The zero-order valence-electron chi connectivity index (χ0n) is 25.6. The number of ether oxygens (including phenoxy) is 2. The molecule has 47 heavy (non-hydrogen) atoms. The molecule has 0 amide bonds. The largest absolute Gasteiger partial charge is 0.511 e. The van der Waals surface area contributed by atoms with Crippen molar-refractivity contribution in [2.75, 3.05) is 24.4 Å². The maximum Gasteiger partial charge on any atom is 0.229 e. The second-order valence-electron chi connectivity index (χ2n) is 12.3. The molecule has 2 aromatic rings. The van der Waals surface area contributed by atoms with E-state index in [1.165, 1.54) is 45.9 Å². The summed E-state index contributed by atoms with van der Waals surface area (Å²) in [6.45, 7) is 0.864. The van der Waals surface area contributed by atoms with Crippen LogP contribution in [0.2, 0.25) is 0 Å². The molecule has 252 valence electrons. The summed E-state index contributed by atoms with van der Waals surface area (Å²) < 4.78 is 11.9. The second kappa shape index (κ2) is 13.5. The number of nitrogens with zero attached hydrogens (tertiary/aromatic N) is 1. The molecule has 3 heterocycles. The number of fused-ring (bicyclic) bond motifs is 4. The number of nitrogens with one attached hydrogen (secondary N) is 1. The lowest BCUT2D eigenvalue weighted by atomic mass is 9.57. The number of hydrogen-bond donors (Lipinski definition) is 7. The van der Waals surface area contributed by atoms with Crippen molar-refractivity contribution in [1.29, 1.82) is 0 Å². The minimum Gasteiger partial charge on any atom is -0.511 e. The van der Waals surface area contributed by atoms with Crippen LogP contribution in [0.5, 0.6) is 5.75 Å². The third-order valence-corrected chi connectivity index (χ3v) is 12.2. The Labute approximate surface area is 279 Å².